The van der Waals surface area contributed by atoms with Crippen LogP contribution in [0, 0.1) is 0 Å². The van der Waals surface area contributed by atoms with Gasteiger partial charge in [0.1, 0.15) is 0 Å². The minimum absolute atomic E-state index is 0.276. The molecule has 0 spiro atoms. The van der Waals surface area contributed by atoms with Crippen molar-refractivity contribution in [1.29, 1.82) is 0 Å². The molecule has 0 radical (unpaired) electrons. The number of rotatable bonds is 3. The largest absolute Gasteiger partial charge is 0.397 e. The quantitative estimate of drug-likeness (QED) is 0.827. The maximum Gasteiger partial charge on any atom is 0.222 e. The fraction of sp³-hybridized carbons (Fsp3) is 0.500. The molecule has 0 unspecified atom stereocenters. The summed E-state index contributed by atoms with van der Waals surface area (Å²) in [6.07, 6.45) is 1.58. The Morgan fingerprint density at radius 3 is 2.50 bits per heavy atom. The van der Waals surface area contributed by atoms with Crippen LogP contribution in [0.2, 0.25) is 0 Å². The van der Waals surface area contributed by atoms with E-state index in [9.17, 15) is 4.79 Å². The molecule has 0 aromatic heterocycles. The number of amides is 1. The monoisotopic (exact) mass is 247 g/mol. The molecule has 18 heavy (non-hydrogen) atoms. The van der Waals surface area contributed by atoms with Crippen LogP contribution in [0.3, 0.4) is 0 Å². The summed E-state index contributed by atoms with van der Waals surface area (Å²) >= 11 is 0. The van der Waals surface area contributed by atoms with Gasteiger partial charge < -0.3 is 15.5 Å². The third kappa shape index (κ3) is 2.75. The average Bonchev–Trinajstić information content (AvgIpc) is 2.40. The predicted molar refractivity (Wildman–Crippen MR) is 74.6 cm³/mol. The number of para-hydroxylation sites is 2. The highest BCUT2D eigenvalue weighted by Crippen LogP contribution is 2.23. The average molecular weight is 247 g/mol. The number of benzene rings is 1. The van der Waals surface area contributed by atoms with E-state index in [2.05, 4.69) is 4.90 Å². The first-order valence-corrected chi connectivity index (χ1v) is 6.59. The van der Waals surface area contributed by atoms with E-state index in [0.29, 0.717) is 6.42 Å². The number of nitrogens with two attached hydrogens (primary N) is 1. The van der Waals surface area contributed by atoms with Gasteiger partial charge in [-0.3, -0.25) is 4.79 Å². The molecule has 0 saturated carbocycles. The van der Waals surface area contributed by atoms with Gasteiger partial charge in [-0.05, 0) is 18.6 Å². The Hall–Kier alpha value is -1.71. The Kier molecular flexibility index (Phi) is 4.07. The Bertz CT molecular complexity index is 411. The molecule has 0 aliphatic carbocycles. The molecule has 2 N–H and O–H groups in total. The van der Waals surface area contributed by atoms with Crippen molar-refractivity contribution in [2.24, 2.45) is 0 Å². The number of piperazine rings is 1. The number of carbonyl (C=O) groups excluding carboxylic acids is 1. The summed E-state index contributed by atoms with van der Waals surface area (Å²) in [5, 5.41) is 0. The molecule has 1 aliphatic rings. The second-order valence-corrected chi connectivity index (χ2v) is 4.68. The van der Waals surface area contributed by atoms with Crippen LogP contribution in [-0.2, 0) is 4.79 Å². The highest BCUT2D eigenvalue weighted by Gasteiger charge is 2.21. The lowest BCUT2D eigenvalue weighted by molar-refractivity contribution is -0.131. The summed E-state index contributed by atoms with van der Waals surface area (Å²) < 4.78 is 0. The Labute approximate surface area is 108 Å². The predicted octanol–water partition coefficient (Wildman–Crippen LogP) is 1.72. The topological polar surface area (TPSA) is 49.6 Å². The van der Waals surface area contributed by atoms with Crippen molar-refractivity contribution in [3.63, 3.8) is 0 Å². The Morgan fingerprint density at radius 2 is 1.89 bits per heavy atom. The summed E-state index contributed by atoms with van der Waals surface area (Å²) in [6.45, 7) is 5.37. The minimum atomic E-state index is 0.276. The molecule has 1 saturated heterocycles. The number of hydrogen-bond acceptors (Lipinski definition) is 3. The summed E-state index contributed by atoms with van der Waals surface area (Å²) in [4.78, 5) is 16.0. The molecule has 1 fully saturated rings. The van der Waals surface area contributed by atoms with Gasteiger partial charge in [-0.2, -0.15) is 0 Å². The van der Waals surface area contributed by atoms with E-state index >= 15 is 0 Å². The smallest absolute Gasteiger partial charge is 0.222 e. The first-order chi connectivity index (χ1) is 8.72. The van der Waals surface area contributed by atoms with Crippen molar-refractivity contribution >= 4 is 17.3 Å². The van der Waals surface area contributed by atoms with Gasteiger partial charge in [-0.1, -0.05) is 19.1 Å². The number of nitrogen functional groups attached to an aromatic ring is 1. The fourth-order valence-corrected chi connectivity index (χ4v) is 2.34. The van der Waals surface area contributed by atoms with Crippen LogP contribution in [-0.4, -0.2) is 37.0 Å². The first-order valence-electron chi connectivity index (χ1n) is 6.59. The van der Waals surface area contributed by atoms with Gasteiger partial charge in [0.2, 0.25) is 5.91 Å². The molecular weight excluding hydrogens is 226 g/mol. The van der Waals surface area contributed by atoms with E-state index in [1.54, 1.807) is 0 Å². The highest BCUT2D eigenvalue weighted by molar-refractivity contribution is 5.76. The maximum atomic E-state index is 11.8. The zero-order valence-corrected chi connectivity index (χ0v) is 10.9. The lowest BCUT2D eigenvalue weighted by Crippen LogP contribution is -2.48. The van der Waals surface area contributed by atoms with Gasteiger partial charge >= 0.3 is 0 Å². The number of nitrogens with zero attached hydrogens (tertiary/aromatic N) is 2. The summed E-state index contributed by atoms with van der Waals surface area (Å²) in [5.74, 6) is 0.276. The van der Waals surface area contributed by atoms with Crippen LogP contribution in [0.1, 0.15) is 19.8 Å². The molecule has 0 atom stereocenters. The van der Waals surface area contributed by atoms with Crippen molar-refractivity contribution in [1.82, 2.24) is 4.90 Å². The van der Waals surface area contributed by atoms with Gasteiger partial charge in [-0.25, -0.2) is 0 Å². The van der Waals surface area contributed by atoms with Gasteiger partial charge in [0.15, 0.2) is 0 Å². The van der Waals surface area contributed by atoms with Crippen molar-refractivity contribution in [2.75, 3.05) is 36.8 Å². The summed E-state index contributed by atoms with van der Waals surface area (Å²) in [5.41, 5.74) is 7.87. The minimum Gasteiger partial charge on any atom is -0.397 e. The zero-order valence-electron chi connectivity index (χ0n) is 10.9. The molecule has 1 aromatic rings. The Morgan fingerprint density at radius 1 is 1.22 bits per heavy atom. The molecule has 2 rings (SSSR count). The molecule has 4 nitrogen and oxygen atoms in total. The lowest BCUT2D eigenvalue weighted by atomic mass is 10.2. The third-order valence-electron chi connectivity index (χ3n) is 3.37. The van der Waals surface area contributed by atoms with E-state index in [0.717, 1.165) is 44.0 Å². The molecule has 98 valence electrons. The van der Waals surface area contributed by atoms with Crippen LogP contribution < -0.4 is 10.6 Å². The molecule has 0 bridgehead atoms. The van der Waals surface area contributed by atoms with Gasteiger partial charge in [0.05, 0.1) is 11.4 Å². The van der Waals surface area contributed by atoms with E-state index in [-0.39, 0.29) is 5.91 Å². The summed E-state index contributed by atoms with van der Waals surface area (Å²) in [6, 6.07) is 7.91. The first kappa shape index (κ1) is 12.7. The summed E-state index contributed by atoms with van der Waals surface area (Å²) in [7, 11) is 0. The van der Waals surface area contributed by atoms with E-state index in [1.807, 2.05) is 36.1 Å². The van der Waals surface area contributed by atoms with E-state index in [4.69, 9.17) is 5.73 Å². The molecule has 1 amide bonds. The molecule has 4 heteroatoms. The Balaban J connectivity index is 1.95. The molecular formula is C14H21N3O. The lowest BCUT2D eigenvalue weighted by Gasteiger charge is -2.36. The second kappa shape index (κ2) is 5.76. The standard InChI is InChI=1S/C14H21N3O/c1-2-5-14(18)17-10-8-16(9-11-17)13-7-4-3-6-12(13)15/h3-4,6-7H,2,5,8-11,15H2,1H3. The van der Waals surface area contributed by atoms with E-state index < -0.39 is 0 Å². The van der Waals surface area contributed by atoms with Crippen molar-refractivity contribution in [3.05, 3.63) is 24.3 Å². The maximum absolute atomic E-state index is 11.8. The van der Waals surface area contributed by atoms with Crippen molar-refractivity contribution in [3.8, 4) is 0 Å². The van der Waals surface area contributed by atoms with Crippen LogP contribution >= 0.6 is 0 Å². The highest BCUT2D eigenvalue weighted by atomic mass is 16.2. The van der Waals surface area contributed by atoms with Crippen molar-refractivity contribution < 1.29 is 4.79 Å². The molecule has 1 heterocycles. The van der Waals surface area contributed by atoms with Crippen LogP contribution in [0.4, 0.5) is 11.4 Å². The van der Waals surface area contributed by atoms with Gasteiger partial charge in [-0.15, -0.1) is 0 Å². The zero-order chi connectivity index (χ0) is 13.0. The SMILES string of the molecule is CCCC(=O)N1CCN(c2ccccc2N)CC1. The molecule has 1 aromatic carbocycles. The number of carbonyl (C=O) groups is 1. The van der Waals surface area contributed by atoms with Crippen LogP contribution in [0.25, 0.3) is 0 Å². The van der Waals surface area contributed by atoms with Gasteiger partial charge in [0, 0.05) is 32.6 Å². The van der Waals surface area contributed by atoms with Crippen molar-refractivity contribution in [2.45, 2.75) is 19.8 Å². The molecule has 1 aliphatic heterocycles. The third-order valence-corrected chi connectivity index (χ3v) is 3.37. The van der Waals surface area contributed by atoms with E-state index in [1.165, 1.54) is 0 Å². The number of hydrogen-bond donors (Lipinski definition) is 1. The fourth-order valence-electron chi connectivity index (χ4n) is 2.34. The normalized spacial score (nSPS) is 15.8. The second-order valence-electron chi connectivity index (χ2n) is 4.68. The van der Waals surface area contributed by atoms with Crippen LogP contribution in [0.15, 0.2) is 24.3 Å². The van der Waals surface area contributed by atoms with Crippen LogP contribution in [0.5, 0.6) is 0 Å². The van der Waals surface area contributed by atoms with Gasteiger partial charge in [0.25, 0.3) is 0 Å². The number of anilines is 2.